The summed E-state index contributed by atoms with van der Waals surface area (Å²) in [4.78, 5) is 26.4. The summed E-state index contributed by atoms with van der Waals surface area (Å²) < 4.78 is 19.6. The number of ketones is 1. The number of nitrogens with zero attached hydrogens (tertiary/aromatic N) is 5. The van der Waals surface area contributed by atoms with E-state index in [9.17, 15) is 24.6 Å². The molecule has 32 heavy (non-hydrogen) atoms. The van der Waals surface area contributed by atoms with E-state index in [2.05, 4.69) is 11.2 Å². The molecule has 0 fully saturated rings. The molecule has 1 aromatic heterocycles. The Morgan fingerprint density at radius 1 is 1.41 bits per heavy atom. The molecule has 2 aliphatic heterocycles. The number of para-hydroxylation sites is 1. The third kappa shape index (κ3) is 2.37. The zero-order valence-corrected chi connectivity index (χ0v) is 16.7. The van der Waals surface area contributed by atoms with Crippen LogP contribution in [0, 0.1) is 28.4 Å². The number of rotatable bonds is 2. The second kappa shape index (κ2) is 6.52. The van der Waals surface area contributed by atoms with E-state index in [4.69, 9.17) is 10.5 Å². The largest absolute Gasteiger partial charge is 0.417 e. The lowest BCUT2D eigenvalue weighted by Gasteiger charge is -2.34. The van der Waals surface area contributed by atoms with Crippen molar-refractivity contribution in [2.75, 3.05) is 11.4 Å². The maximum absolute atomic E-state index is 14.1. The number of benzene rings is 1. The highest BCUT2D eigenvalue weighted by Gasteiger charge is 2.57. The first-order valence-electron chi connectivity index (χ1n) is 9.58. The van der Waals surface area contributed by atoms with Crippen LogP contribution in [0.2, 0.25) is 0 Å². The van der Waals surface area contributed by atoms with Crippen molar-refractivity contribution in [3.05, 3.63) is 86.7 Å². The zero-order valence-electron chi connectivity index (χ0n) is 16.7. The standard InChI is InChI=1S/C21H15FN6O4/c1-11-18-20(27(25-11)28(30)31)32-19(24)14(9-23)21(18)10-26(15-5-3-2-4-13(15)21)16-8-12(22)6-7-17(16)29/h2-8,16H,10,24H2,1H3. The molecule has 160 valence electrons. The summed E-state index contributed by atoms with van der Waals surface area (Å²) >= 11 is 0. The van der Waals surface area contributed by atoms with Gasteiger partial charge in [0, 0.05) is 19.2 Å². The van der Waals surface area contributed by atoms with E-state index in [1.165, 1.54) is 6.08 Å². The molecule has 2 atom stereocenters. The van der Waals surface area contributed by atoms with E-state index in [0.717, 1.165) is 12.2 Å². The number of nitro groups is 1. The maximum Gasteiger partial charge on any atom is 0.296 e. The number of hydrogen-bond donors (Lipinski definition) is 1. The van der Waals surface area contributed by atoms with Crippen molar-refractivity contribution < 1.29 is 19.0 Å². The first-order valence-corrected chi connectivity index (χ1v) is 9.58. The molecule has 0 saturated heterocycles. The second-order valence-electron chi connectivity index (χ2n) is 7.63. The van der Waals surface area contributed by atoms with Crippen molar-refractivity contribution >= 4 is 11.5 Å². The number of aryl methyl sites for hydroxylation is 1. The highest BCUT2D eigenvalue weighted by atomic mass is 19.1. The van der Waals surface area contributed by atoms with Gasteiger partial charge in [0.05, 0.1) is 25.9 Å². The van der Waals surface area contributed by atoms with Crippen LogP contribution in [0.25, 0.3) is 0 Å². The Hall–Kier alpha value is -4.46. The topological polar surface area (TPSA) is 140 Å². The van der Waals surface area contributed by atoms with Gasteiger partial charge in [0.2, 0.25) is 5.88 Å². The summed E-state index contributed by atoms with van der Waals surface area (Å²) in [5, 5.41) is 24.8. The molecule has 1 aromatic carbocycles. The minimum atomic E-state index is -1.30. The molecule has 3 heterocycles. The van der Waals surface area contributed by atoms with Gasteiger partial charge in [0.1, 0.15) is 23.5 Å². The van der Waals surface area contributed by atoms with Gasteiger partial charge in [0.15, 0.2) is 11.5 Å². The number of aromatic nitrogens is 2. The molecule has 11 heteroatoms. The molecule has 0 bridgehead atoms. The third-order valence-electron chi connectivity index (χ3n) is 6.01. The number of allylic oxidation sites excluding steroid dienone is 2. The molecule has 2 aromatic rings. The van der Waals surface area contributed by atoms with Crippen molar-refractivity contribution in [1.29, 1.82) is 5.26 Å². The molecular weight excluding hydrogens is 419 g/mol. The van der Waals surface area contributed by atoms with Crippen molar-refractivity contribution in [3.63, 3.8) is 0 Å². The minimum Gasteiger partial charge on any atom is -0.417 e. The van der Waals surface area contributed by atoms with E-state index >= 15 is 0 Å². The molecular formula is C21H15FN6O4. The molecule has 0 saturated carbocycles. The lowest BCUT2D eigenvalue weighted by Crippen LogP contribution is -2.46. The van der Waals surface area contributed by atoms with Gasteiger partial charge >= 0.3 is 0 Å². The van der Waals surface area contributed by atoms with Gasteiger partial charge in [0.25, 0.3) is 5.88 Å². The van der Waals surface area contributed by atoms with Gasteiger partial charge in [-0.05, 0) is 29.9 Å². The van der Waals surface area contributed by atoms with Crippen molar-refractivity contribution in [2.24, 2.45) is 5.73 Å². The normalized spacial score (nSPS) is 23.5. The molecule has 0 radical (unpaired) electrons. The summed E-state index contributed by atoms with van der Waals surface area (Å²) in [6.45, 7) is 1.57. The lowest BCUT2D eigenvalue weighted by molar-refractivity contribution is -0.554. The fourth-order valence-corrected chi connectivity index (χ4v) is 4.81. The summed E-state index contributed by atoms with van der Waals surface area (Å²) in [6.07, 6.45) is 3.45. The Bertz CT molecular complexity index is 1350. The average Bonchev–Trinajstić information content (AvgIpc) is 3.26. The first-order chi connectivity index (χ1) is 15.3. The number of hydrogen-bond acceptors (Lipinski definition) is 8. The summed E-state index contributed by atoms with van der Waals surface area (Å²) in [6, 6.07) is 8.12. The fourth-order valence-electron chi connectivity index (χ4n) is 4.81. The molecule has 5 rings (SSSR count). The molecule has 10 nitrogen and oxygen atoms in total. The molecule has 1 aliphatic carbocycles. The summed E-state index contributed by atoms with van der Waals surface area (Å²) in [5.41, 5.74) is 6.55. The van der Waals surface area contributed by atoms with Crippen LogP contribution >= 0.6 is 0 Å². The lowest BCUT2D eigenvalue weighted by atomic mass is 9.69. The van der Waals surface area contributed by atoms with Gasteiger partial charge in [-0.2, -0.15) is 5.26 Å². The number of anilines is 1. The van der Waals surface area contributed by atoms with Crippen molar-refractivity contribution in [1.82, 2.24) is 9.89 Å². The summed E-state index contributed by atoms with van der Waals surface area (Å²) in [5.74, 6) is -1.40. The first kappa shape index (κ1) is 19.5. The van der Waals surface area contributed by atoms with Gasteiger partial charge < -0.3 is 25.5 Å². The highest BCUT2D eigenvalue weighted by Crippen LogP contribution is 2.55. The second-order valence-corrected chi connectivity index (χ2v) is 7.63. The van der Waals surface area contributed by atoms with Crippen LogP contribution in [0.1, 0.15) is 16.8 Å². The number of halogens is 1. The van der Waals surface area contributed by atoms with Gasteiger partial charge in [-0.25, -0.2) is 4.39 Å². The number of ether oxygens (including phenoxy) is 1. The fraction of sp³-hybridized carbons (Fsp3) is 0.190. The molecule has 0 amide bonds. The molecule has 3 aliphatic rings. The monoisotopic (exact) mass is 434 g/mol. The van der Waals surface area contributed by atoms with Gasteiger partial charge in [-0.1, -0.05) is 18.2 Å². The zero-order chi connectivity index (χ0) is 22.8. The van der Waals surface area contributed by atoms with Crippen molar-refractivity contribution in [3.8, 4) is 11.9 Å². The smallest absolute Gasteiger partial charge is 0.296 e. The Labute approximate surface area is 180 Å². The Balaban J connectivity index is 1.82. The molecule has 2 unspecified atom stereocenters. The maximum atomic E-state index is 14.1. The minimum absolute atomic E-state index is 0.00454. The van der Waals surface area contributed by atoms with Crippen molar-refractivity contribution in [2.45, 2.75) is 18.4 Å². The van der Waals surface area contributed by atoms with E-state index in [-0.39, 0.29) is 35.4 Å². The van der Waals surface area contributed by atoms with E-state index < -0.39 is 22.3 Å². The predicted octanol–water partition coefficient (Wildman–Crippen LogP) is 1.78. The van der Waals surface area contributed by atoms with Crippen LogP contribution in [0.15, 0.2) is 59.8 Å². The Kier molecular flexibility index (Phi) is 3.97. The number of fused-ring (bicyclic) bond motifs is 4. The van der Waals surface area contributed by atoms with E-state index in [1.54, 1.807) is 36.1 Å². The average molecular weight is 434 g/mol. The molecule has 2 N–H and O–H groups in total. The van der Waals surface area contributed by atoms with E-state index in [1.807, 2.05) is 0 Å². The number of carbonyl (C=O) groups is 1. The highest BCUT2D eigenvalue weighted by molar-refractivity contribution is 6.00. The van der Waals surface area contributed by atoms with Crippen LogP contribution in [0.5, 0.6) is 5.88 Å². The van der Waals surface area contributed by atoms with Gasteiger partial charge in [-0.3, -0.25) is 4.79 Å². The van der Waals surface area contributed by atoms with Crippen LogP contribution < -0.4 is 15.4 Å². The quantitative estimate of drug-likeness (QED) is 0.557. The number of nitriles is 1. The van der Waals surface area contributed by atoms with Crippen LogP contribution in [-0.2, 0) is 10.2 Å². The molecule has 1 spiro atoms. The van der Waals surface area contributed by atoms with Crippen LogP contribution in [-0.4, -0.2) is 33.3 Å². The van der Waals surface area contributed by atoms with Gasteiger partial charge in [-0.15, -0.1) is 0 Å². The Morgan fingerprint density at radius 3 is 2.88 bits per heavy atom. The van der Waals surface area contributed by atoms with Crippen LogP contribution in [0.4, 0.5) is 10.1 Å². The number of carbonyl (C=O) groups excluding carboxylic acids is 1. The Morgan fingerprint density at radius 2 is 2.16 bits per heavy atom. The van der Waals surface area contributed by atoms with E-state index in [0.29, 0.717) is 21.6 Å². The predicted molar refractivity (Wildman–Crippen MR) is 109 cm³/mol. The third-order valence-corrected chi connectivity index (χ3v) is 6.01. The van der Waals surface area contributed by atoms with Crippen LogP contribution in [0.3, 0.4) is 0 Å². The number of nitrogens with two attached hydrogens (primary N) is 1. The summed E-state index contributed by atoms with van der Waals surface area (Å²) in [7, 11) is 0. The SMILES string of the molecule is Cc1nn([N+](=O)[O-])c2c1C1(CN(C3C=C(F)C=CC3=O)c3ccccc31)C(C#N)=C(N)O2.